The lowest BCUT2D eigenvalue weighted by atomic mass is 9.86. The van der Waals surface area contributed by atoms with Gasteiger partial charge in [-0.25, -0.2) is 14.7 Å². The summed E-state index contributed by atoms with van der Waals surface area (Å²) in [5, 5.41) is 4.00. The molecule has 2 atom stereocenters. The van der Waals surface area contributed by atoms with E-state index in [1.807, 2.05) is 24.4 Å². The van der Waals surface area contributed by atoms with E-state index in [0.717, 1.165) is 31.4 Å². The quantitative estimate of drug-likeness (QED) is 0.214. The van der Waals surface area contributed by atoms with E-state index < -0.39 is 15.9 Å². The summed E-state index contributed by atoms with van der Waals surface area (Å²) in [5.41, 5.74) is 2.84. The van der Waals surface area contributed by atoms with E-state index in [-0.39, 0.29) is 33.0 Å². The van der Waals surface area contributed by atoms with Gasteiger partial charge in [-0.05, 0) is 104 Å². The monoisotopic (exact) mass is 712 g/mol. The number of aromatic nitrogens is 3. The number of nitrogens with one attached hydrogen (secondary N) is 2. The summed E-state index contributed by atoms with van der Waals surface area (Å²) in [6.45, 7) is 18.7. The second-order valence-electron chi connectivity index (χ2n) is 17.1. The molecule has 2 aliphatic rings. The summed E-state index contributed by atoms with van der Waals surface area (Å²) in [7, 11) is -4.32. The van der Waals surface area contributed by atoms with Crippen molar-refractivity contribution in [3.8, 4) is 5.75 Å². The molecule has 0 radical (unpaired) electrons. The Morgan fingerprint density at radius 2 is 1.76 bits per heavy atom. The molecule has 2 aliphatic heterocycles. The van der Waals surface area contributed by atoms with Crippen molar-refractivity contribution in [2.24, 2.45) is 11.3 Å². The Bertz CT molecular complexity index is 2030. The van der Waals surface area contributed by atoms with Crippen LogP contribution in [0.2, 0.25) is 0 Å². The zero-order valence-corrected chi connectivity index (χ0v) is 32.0. The number of amides is 1. The predicted molar refractivity (Wildman–Crippen MR) is 203 cm³/mol. The minimum Gasteiger partial charge on any atom is -0.493 e. The summed E-state index contributed by atoms with van der Waals surface area (Å²) in [6, 6.07) is 16.3. The molecule has 1 amide bonds. The van der Waals surface area contributed by atoms with Gasteiger partial charge in [-0.2, -0.15) is 8.42 Å². The van der Waals surface area contributed by atoms with Crippen LogP contribution in [0.4, 0.5) is 11.6 Å². The molecule has 1 aromatic carbocycles. The highest BCUT2D eigenvalue weighted by Gasteiger charge is 2.41. The molecule has 1 saturated heterocycles. The average Bonchev–Trinajstić information content (AvgIpc) is 3.35. The van der Waals surface area contributed by atoms with Crippen molar-refractivity contribution in [3.63, 3.8) is 0 Å². The number of ether oxygens (including phenoxy) is 1. The molecule has 0 aliphatic carbocycles. The first-order chi connectivity index (χ1) is 23.9. The number of fused-ring (bicyclic) bond motifs is 7. The van der Waals surface area contributed by atoms with Crippen molar-refractivity contribution in [1.29, 1.82) is 0 Å². The summed E-state index contributed by atoms with van der Waals surface area (Å²) in [6.07, 6.45) is 6.03. The molecule has 51 heavy (non-hydrogen) atoms. The normalized spacial score (nSPS) is 20.5. The topological polar surface area (TPSA) is 126 Å². The Balaban J connectivity index is 1.38. The fourth-order valence-corrected chi connectivity index (χ4v) is 8.02. The molecule has 4 aromatic rings. The first-order valence-corrected chi connectivity index (χ1v) is 19.5. The van der Waals surface area contributed by atoms with Crippen molar-refractivity contribution >= 4 is 38.5 Å². The van der Waals surface area contributed by atoms with E-state index in [1.54, 1.807) is 18.2 Å². The molecule has 4 bridgehead atoms. The van der Waals surface area contributed by atoms with Gasteiger partial charge in [0.05, 0.1) is 17.7 Å². The van der Waals surface area contributed by atoms with Crippen LogP contribution in [0.3, 0.4) is 0 Å². The lowest BCUT2D eigenvalue weighted by molar-refractivity contribution is 0.0981. The largest absolute Gasteiger partial charge is 0.493 e. The van der Waals surface area contributed by atoms with Crippen molar-refractivity contribution < 1.29 is 17.9 Å². The minimum absolute atomic E-state index is 0.0169. The smallest absolute Gasteiger partial charge is 0.281 e. The van der Waals surface area contributed by atoms with E-state index in [2.05, 4.69) is 87.4 Å². The van der Waals surface area contributed by atoms with Gasteiger partial charge in [-0.1, -0.05) is 47.6 Å². The summed E-state index contributed by atoms with van der Waals surface area (Å²) >= 11 is 0. The molecule has 272 valence electrons. The number of hydrogen-bond acceptors (Lipinski definition) is 9. The standard InChI is InChI=1S/C40H52N6O4S/c1-38(2,3)17-19-50-31-15-13-27-20-32-36(43-33(27)23-31)46-25-26(24-40(46,7)8)12-14-29(22-30-21-28(16-18-41-30)39(4,5)6)42-34-10-9-11-35(44-34)51(48,49)45-37(32)47/h9-11,13,15-16,18,20-21,23,26,29H,12,14,17,19,22,24-25H2,1-8H3,(H,42,44)(H,45,47)/t26-,29?/m0/s1. The van der Waals surface area contributed by atoms with Gasteiger partial charge in [0.2, 0.25) is 0 Å². The van der Waals surface area contributed by atoms with Crippen LogP contribution in [0.25, 0.3) is 10.9 Å². The van der Waals surface area contributed by atoms with Crippen LogP contribution in [-0.2, 0) is 21.9 Å². The van der Waals surface area contributed by atoms with Gasteiger partial charge < -0.3 is 15.0 Å². The Morgan fingerprint density at radius 3 is 2.51 bits per heavy atom. The number of hydrogen-bond donors (Lipinski definition) is 2. The third-order valence-electron chi connectivity index (χ3n) is 9.99. The molecule has 1 fully saturated rings. The lowest BCUT2D eigenvalue weighted by Crippen LogP contribution is -2.41. The molecule has 11 heteroatoms. The third kappa shape index (κ3) is 8.63. The van der Waals surface area contributed by atoms with E-state index in [0.29, 0.717) is 53.8 Å². The maximum Gasteiger partial charge on any atom is 0.281 e. The highest BCUT2D eigenvalue weighted by atomic mass is 32.2. The van der Waals surface area contributed by atoms with Crippen LogP contribution in [0.15, 0.2) is 65.8 Å². The fourth-order valence-electron chi connectivity index (χ4n) is 7.08. The van der Waals surface area contributed by atoms with Crippen molar-refractivity contribution in [2.45, 2.75) is 110 Å². The lowest BCUT2D eigenvalue weighted by Gasteiger charge is -2.34. The molecule has 6 rings (SSSR count). The molecular formula is C40H52N6O4S. The highest BCUT2D eigenvalue weighted by Crippen LogP contribution is 2.41. The Morgan fingerprint density at radius 1 is 0.980 bits per heavy atom. The number of benzene rings is 1. The number of rotatable bonds is 5. The van der Waals surface area contributed by atoms with Crippen LogP contribution in [0.5, 0.6) is 5.75 Å². The van der Waals surface area contributed by atoms with Crippen LogP contribution >= 0.6 is 0 Å². The van der Waals surface area contributed by atoms with E-state index in [4.69, 9.17) is 14.7 Å². The number of carbonyl (C=O) groups is 1. The fraction of sp³-hybridized carbons (Fsp3) is 0.500. The summed E-state index contributed by atoms with van der Waals surface area (Å²) in [4.78, 5) is 30.4. The van der Waals surface area contributed by atoms with Gasteiger partial charge in [-0.3, -0.25) is 9.78 Å². The highest BCUT2D eigenvalue weighted by molar-refractivity contribution is 7.90. The maximum atomic E-state index is 14.0. The van der Waals surface area contributed by atoms with Gasteiger partial charge in [0, 0.05) is 47.9 Å². The minimum atomic E-state index is -4.32. The molecule has 3 aromatic heterocycles. The average molecular weight is 713 g/mol. The number of carbonyl (C=O) groups excluding carboxylic acids is 1. The van der Waals surface area contributed by atoms with E-state index in [9.17, 15) is 13.2 Å². The van der Waals surface area contributed by atoms with Gasteiger partial charge >= 0.3 is 0 Å². The Labute approximate surface area is 302 Å². The number of anilines is 2. The summed E-state index contributed by atoms with van der Waals surface area (Å²) < 4.78 is 35.8. The van der Waals surface area contributed by atoms with Crippen molar-refractivity contribution in [3.05, 3.63) is 77.6 Å². The van der Waals surface area contributed by atoms with E-state index in [1.165, 1.54) is 11.6 Å². The van der Waals surface area contributed by atoms with Gasteiger partial charge in [0.1, 0.15) is 17.4 Å². The second kappa shape index (κ2) is 13.7. The molecule has 0 saturated carbocycles. The van der Waals surface area contributed by atoms with Gasteiger partial charge in [-0.15, -0.1) is 0 Å². The van der Waals surface area contributed by atoms with Crippen LogP contribution < -0.4 is 19.7 Å². The number of pyridine rings is 3. The Hall–Kier alpha value is -4.25. The van der Waals surface area contributed by atoms with Crippen LogP contribution in [0.1, 0.15) is 103 Å². The first kappa shape index (κ1) is 36.5. The Kier molecular flexibility index (Phi) is 9.82. The van der Waals surface area contributed by atoms with Gasteiger partial charge in [0.25, 0.3) is 15.9 Å². The molecule has 0 spiro atoms. The maximum absolute atomic E-state index is 14.0. The molecule has 10 nitrogen and oxygen atoms in total. The molecular weight excluding hydrogens is 661 g/mol. The van der Waals surface area contributed by atoms with E-state index >= 15 is 0 Å². The van der Waals surface area contributed by atoms with Crippen molar-refractivity contribution in [2.75, 3.05) is 23.4 Å². The molecule has 2 N–H and O–H groups in total. The summed E-state index contributed by atoms with van der Waals surface area (Å²) in [5.74, 6) is 1.16. The first-order valence-electron chi connectivity index (χ1n) is 18.0. The third-order valence-corrected chi connectivity index (χ3v) is 11.2. The zero-order chi connectivity index (χ0) is 36.8. The van der Waals surface area contributed by atoms with Gasteiger partial charge in [0.15, 0.2) is 5.03 Å². The zero-order valence-electron chi connectivity index (χ0n) is 31.2. The molecule has 1 unspecified atom stereocenters. The molecule has 5 heterocycles. The number of sulfonamides is 1. The second-order valence-corrected chi connectivity index (χ2v) is 18.7. The predicted octanol–water partition coefficient (Wildman–Crippen LogP) is 7.68. The van der Waals surface area contributed by atoms with Crippen LogP contribution in [0, 0.1) is 11.3 Å². The van der Waals surface area contributed by atoms with Crippen molar-refractivity contribution in [1.82, 2.24) is 19.7 Å². The van der Waals surface area contributed by atoms with Crippen LogP contribution in [-0.4, -0.2) is 54.0 Å². The number of nitrogens with zero attached hydrogens (tertiary/aromatic N) is 4. The SMILES string of the molecule is CC(C)(C)CCOc1ccc2cc3c(nc2c1)N1C[C@@H](CCC(Cc2cc(C(C)(C)C)ccn2)Nc2cccc(n2)S(=O)(=O)NC3=O)CC1(C)C.